The van der Waals surface area contributed by atoms with Crippen LogP contribution in [0, 0.1) is 0 Å². The molecule has 2 heterocycles. The van der Waals surface area contributed by atoms with Gasteiger partial charge in [0.2, 0.25) is 5.91 Å². The first-order valence-corrected chi connectivity index (χ1v) is 11.0. The number of pyridine rings is 1. The predicted molar refractivity (Wildman–Crippen MR) is 128 cm³/mol. The summed E-state index contributed by atoms with van der Waals surface area (Å²) in [5, 5.41) is 5.04. The molecule has 0 spiro atoms. The van der Waals surface area contributed by atoms with Crippen LogP contribution in [0.1, 0.15) is 44.7 Å². The van der Waals surface area contributed by atoms with Crippen molar-refractivity contribution in [3.05, 3.63) is 72.1 Å². The van der Waals surface area contributed by atoms with Gasteiger partial charge in [0.25, 0.3) is 0 Å². The number of aromatic nitrogens is 1. The summed E-state index contributed by atoms with van der Waals surface area (Å²) < 4.78 is 12.2. The van der Waals surface area contributed by atoms with E-state index in [1.807, 2.05) is 76.2 Å². The second-order valence-corrected chi connectivity index (χ2v) is 9.35. The number of benzene rings is 2. The van der Waals surface area contributed by atoms with Gasteiger partial charge in [0, 0.05) is 36.3 Å². The van der Waals surface area contributed by atoms with Gasteiger partial charge in [0.1, 0.15) is 0 Å². The van der Waals surface area contributed by atoms with Gasteiger partial charge in [0.05, 0.1) is 17.1 Å². The minimum Gasteiger partial charge on any atom is -0.403 e. The van der Waals surface area contributed by atoms with Crippen molar-refractivity contribution in [2.24, 2.45) is 5.73 Å². The summed E-state index contributed by atoms with van der Waals surface area (Å²) in [6, 6.07) is 15.6. The number of rotatable bonds is 6. The van der Waals surface area contributed by atoms with Crippen molar-refractivity contribution in [3.63, 3.8) is 0 Å². The molecule has 6 nitrogen and oxygen atoms in total. The van der Waals surface area contributed by atoms with Gasteiger partial charge in [-0.1, -0.05) is 30.3 Å². The molecule has 1 aliphatic heterocycles. The summed E-state index contributed by atoms with van der Waals surface area (Å²) in [5.41, 5.74) is 7.99. The number of anilines is 1. The highest BCUT2D eigenvalue weighted by molar-refractivity contribution is 6.45. The molecule has 0 aliphatic carbocycles. The molecule has 1 unspecified atom stereocenters. The molecule has 0 bridgehead atoms. The standard InChI is InChI=1S/C25H30BN3O3/c1-24(2)25(3,4)32-26(31-24)14-17-5-7-18(8-6-17)22(15-27)23(30)29-21-10-9-20-16-28-12-11-19(20)13-21/h5-13,16,22H,14-15,27H2,1-4H3,(H,29,30). The highest BCUT2D eigenvalue weighted by Gasteiger charge is 2.50. The fraction of sp³-hybridized carbons (Fsp3) is 0.360. The van der Waals surface area contributed by atoms with Gasteiger partial charge in [0.15, 0.2) is 0 Å². The molecular formula is C25H30BN3O3. The summed E-state index contributed by atoms with van der Waals surface area (Å²) in [5.74, 6) is -0.561. The van der Waals surface area contributed by atoms with Gasteiger partial charge >= 0.3 is 7.12 Å². The van der Waals surface area contributed by atoms with Crippen molar-refractivity contribution in [2.45, 2.75) is 51.1 Å². The van der Waals surface area contributed by atoms with E-state index < -0.39 is 5.92 Å². The van der Waals surface area contributed by atoms with Crippen LogP contribution < -0.4 is 11.1 Å². The maximum Gasteiger partial charge on any atom is 0.462 e. The third kappa shape index (κ3) is 4.55. The largest absolute Gasteiger partial charge is 0.462 e. The lowest BCUT2D eigenvalue weighted by atomic mass is 9.80. The Morgan fingerprint density at radius 1 is 1.03 bits per heavy atom. The summed E-state index contributed by atoms with van der Waals surface area (Å²) in [4.78, 5) is 17.1. The van der Waals surface area contributed by atoms with Gasteiger partial charge in [-0.05, 0) is 62.4 Å². The van der Waals surface area contributed by atoms with Gasteiger partial charge in [-0.3, -0.25) is 9.78 Å². The molecule has 2 aromatic carbocycles. The first kappa shape index (κ1) is 22.5. The lowest BCUT2D eigenvalue weighted by Crippen LogP contribution is -2.41. The molecule has 3 aromatic rings. The van der Waals surface area contributed by atoms with Gasteiger partial charge < -0.3 is 20.4 Å². The number of hydrogen-bond donors (Lipinski definition) is 2. The summed E-state index contributed by atoms with van der Waals surface area (Å²) >= 11 is 0. The smallest absolute Gasteiger partial charge is 0.403 e. The number of nitrogens with zero attached hydrogens (tertiary/aromatic N) is 1. The number of carbonyl (C=O) groups excluding carboxylic acids is 1. The quantitative estimate of drug-likeness (QED) is 0.575. The third-order valence-electron chi connectivity index (χ3n) is 6.55. The first-order chi connectivity index (χ1) is 15.2. The van der Waals surface area contributed by atoms with Crippen LogP contribution in [0.4, 0.5) is 5.69 Å². The number of amides is 1. The van der Waals surface area contributed by atoms with Crippen LogP contribution >= 0.6 is 0 Å². The monoisotopic (exact) mass is 431 g/mol. The fourth-order valence-electron chi connectivity index (χ4n) is 3.91. The second-order valence-electron chi connectivity index (χ2n) is 9.35. The summed E-state index contributed by atoms with van der Waals surface area (Å²) in [7, 11) is -0.289. The number of carbonyl (C=O) groups is 1. The summed E-state index contributed by atoms with van der Waals surface area (Å²) in [6.45, 7) is 8.42. The van der Waals surface area contributed by atoms with Crippen LogP contribution in [0.25, 0.3) is 10.8 Å². The molecule has 32 heavy (non-hydrogen) atoms. The van der Waals surface area contributed by atoms with Gasteiger partial charge in [-0.25, -0.2) is 0 Å². The van der Waals surface area contributed by atoms with E-state index in [0.717, 1.165) is 27.6 Å². The molecule has 1 saturated heterocycles. The Morgan fingerprint density at radius 2 is 1.72 bits per heavy atom. The maximum atomic E-state index is 12.9. The van der Waals surface area contributed by atoms with E-state index in [2.05, 4.69) is 10.3 Å². The SMILES string of the molecule is CC1(C)OB(Cc2ccc(C(CN)C(=O)Nc3ccc4cnccc4c3)cc2)OC1(C)C. The molecule has 1 aromatic heterocycles. The average Bonchev–Trinajstić information content (AvgIpc) is 2.95. The second kappa shape index (κ2) is 8.66. The van der Waals surface area contributed by atoms with E-state index >= 15 is 0 Å². The van der Waals surface area contributed by atoms with E-state index in [4.69, 9.17) is 15.0 Å². The Labute approximate surface area is 189 Å². The molecule has 3 N–H and O–H groups in total. The Hall–Kier alpha value is -2.74. The fourth-order valence-corrected chi connectivity index (χ4v) is 3.91. The first-order valence-electron chi connectivity index (χ1n) is 11.0. The molecule has 1 fully saturated rings. The van der Waals surface area contributed by atoms with Crippen LogP contribution in [-0.2, 0) is 20.4 Å². The highest BCUT2D eigenvalue weighted by Crippen LogP contribution is 2.37. The Bertz CT molecular complexity index is 1100. The molecule has 1 atom stereocenters. The van der Waals surface area contributed by atoms with Gasteiger partial charge in [-0.15, -0.1) is 0 Å². The molecule has 7 heteroatoms. The Kier molecular flexibility index (Phi) is 6.08. The van der Waals surface area contributed by atoms with Crippen molar-refractivity contribution in [1.82, 2.24) is 4.98 Å². The lowest BCUT2D eigenvalue weighted by molar-refractivity contribution is -0.117. The van der Waals surface area contributed by atoms with Crippen molar-refractivity contribution in [3.8, 4) is 0 Å². The van der Waals surface area contributed by atoms with Crippen molar-refractivity contribution in [1.29, 1.82) is 0 Å². The molecule has 1 amide bonds. The van der Waals surface area contributed by atoms with Crippen LogP contribution in [0.3, 0.4) is 0 Å². The van der Waals surface area contributed by atoms with Crippen molar-refractivity contribution >= 4 is 29.5 Å². The van der Waals surface area contributed by atoms with E-state index in [0.29, 0.717) is 6.32 Å². The van der Waals surface area contributed by atoms with Crippen molar-refractivity contribution < 1.29 is 14.1 Å². The lowest BCUT2D eigenvalue weighted by Gasteiger charge is -2.32. The number of hydrogen-bond acceptors (Lipinski definition) is 5. The molecule has 1 aliphatic rings. The minimum atomic E-state index is -0.436. The summed E-state index contributed by atoms with van der Waals surface area (Å²) in [6.07, 6.45) is 4.19. The van der Waals surface area contributed by atoms with Crippen LogP contribution in [0.2, 0.25) is 0 Å². The minimum absolute atomic E-state index is 0.125. The van der Waals surface area contributed by atoms with Crippen molar-refractivity contribution in [2.75, 3.05) is 11.9 Å². The predicted octanol–water partition coefficient (Wildman–Crippen LogP) is 4.09. The van der Waals surface area contributed by atoms with Crippen LogP contribution in [0.5, 0.6) is 0 Å². The Balaban J connectivity index is 1.43. The number of fused-ring (bicyclic) bond motifs is 1. The van der Waals surface area contributed by atoms with E-state index in [1.165, 1.54) is 0 Å². The van der Waals surface area contributed by atoms with Crippen LogP contribution in [0.15, 0.2) is 60.9 Å². The highest BCUT2D eigenvalue weighted by atomic mass is 16.7. The maximum absolute atomic E-state index is 12.9. The zero-order chi connectivity index (χ0) is 22.9. The molecular weight excluding hydrogens is 401 g/mol. The molecule has 0 saturated carbocycles. The normalized spacial score (nSPS) is 18.0. The number of nitrogens with two attached hydrogens (primary N) is 1. The zero-order valence-electron chi connectivity index (χ0n) is 19.1. The molecule has 0 radical (unpaired) electrons. The number of nitrogens with one attached hydrogen (secondary N) is 1. The molecule has 166 valence electrons. The third-order valence-corrected chi connectivity index (χ3v) is 6.55. The van der Waals surface area contributed by atoms with E-state index in [-0.39, 0.29) is 30.8 Å². The Morgan fingerprint density at radius 3 is 2.38 bits per heavy atom. The van der Waals surface area contributed by atoms with Gasteiger partial charge in [-0.2, -0.15) is 0 Å². The van der Waals surface area contributed by atoms with E-state index in [1.54, 1.807) is 12.4 Å². The molecule has 4 rings (SSSR count). The van der Waals surface area contributed by atoms with E-state index in [9.17, 15) is 4.79 Å². The van der Waals surface area contributed by atoms with Crippen LogP contribution in [-0.4, -0.2) is 35.8 Å². The topological polar surface area (TPSA) is 86.5 Å². The average molecular weight is 431 g/mol. The zero-order valence-corrected chi connectivity index (χ0v) is 19.1.